The molecule has 0 amide bonds. The standard InChI is InChI=1S/C92H65N9/c1-56-19-27-63(28-20-56)88-75-47-49-77(98-75)89(64-29-21-57(2)22-30-64)79-51-53-83(100-79)92(84-54-52-80(101-84)90(78-50-48-76(88)99-78)65-31-23-58(3)24-32-65)67-35-37-68(38-36-67)93-55-59-25-33-66(34-26-59)91-81-45-43-73(96-81)86(61-15-9-5-10-16-61)71-41-39-69(94-71)85(60-13-7-4-8-14-60)70-40-42-72(95-70)87(62-17-11-6-12-18-62)74-44-46-82(91)97-74/h4-55,94,97-98,101H,1-3H3. The van der Waals surface area contributed by atoms with Crippen molar-refractivity contribution in [3.8, 4) is 89.0 Å². The van der Waals surface area contributed by atoms with Crippen LogP contribution in [-0.2, 0) is 0 Å². The molecule has 4 aliphatic rings. The highest BCUT2D eigenvalue weighted by Gasteiger charge is 2.23. The Hall–Kier alpha value is -13.4. The van der Waals surface area contributed by atoms with E-state index in [1.165, 1.54) is 16.7 Å². The molecule has 4 N–H and O–H groups in total. The Morgan fingerprint density at radius 3 is 0.644 bits per heavy atom. The number of aliphatic imine (C=N–C) groups is 1. The summed E-state index contributed by atoms with van der Waals surface area (Å²) in [6.45, 7) is 6.37. The summed E-state index contributed by atoms with van der Waals surface area (Å²) in [5, 5.41) is 0. The zero-order chi connectivity index (χ0) is 67.5. The average Bonchev–Trinajstić information content (AvgIpc) is 1.66. The quantitative estimate of drug-likeness (QED) is 0.102. The van der Waals surface area contributed by atoms with Gasteiger partial charge in [-0.2, -0.15) is 0 Å². The van der Waals surface area contributed by atoms with E-state index in [9.17, 15) is 0 Å². The van der Waals surface area contributed by atoms with Gasteiger partial charge in [0.15, 0.2) is 0 Å². The van der Waals surface area contributed by atoms with Crippen molar-refractivity contribution < 1.29 is 0 Å². The maximum Gasteiger partial charge on any atom is 0.0737 e. The number of hydrogen-bond acceptors (Lipinski definition) is 5. The molecule has 0 unspecified atom stereocenters. The third-order valence-corrected chi connectivity index (χ3v) is 19.4. The SMILES string of the molecule is Cc1ccc(-c2c3nc(c(-c4ccc(C)cc4)c4ccc([nH]4)c(-c4ccc(N=Cc5ccc(-c6c7nc(c(-c8ccccc8)c8ccc([nH]8)c(-c8ccccc8)c8nc(c(-c9ccccc9)c9ccc6[nH]9)C=C8)C=C7)cc5)cc4)c4nc(c(-c5ccc(C)cc5)c5ccc2[nH]5)C=C4)C=C3)cc1. The number of rotatable bonds is 10. The highest BCUT2D eigenvalue weighted by Crippen LogP contribution is 2.42. The van der Waals surface area contributed by atoms with Crippen LogP contribution in [0.4, 0.5) is 5.69 Å². The highest BCUT2D eigenvalue weighted by atomic mass is 14.8. The minimum atomic E-state index is 0.812. The molecule has 18 rings (SSSR count). The first-order chi connectivity index (χ1) is 49.7. The minimum Gasteiger partial charge on any atom is -0.354 e. The molecule has 0 spiro atoms. The van der Waals surface area contributed by atoms with Crippen molar-refractivity contribution in [3.05, 3.63) is 329 Å². The van der Waals surface area contributed by atoms with Gasteiger partial charge in [0.1, 0.15) is 0 Å². The Balaban J connectivity index is 0.759. The van der Waals surface area contributed by atoms with Crippen molar-refractivity contribution in [3.63, 3.8) is 0 Å². The van der Waals surface area contributed by atoms with Gasteiger partial charge in [0.25, 0.3) is 0 Å². The van der Waals surface area contributed by atoms with Crippen LogP contribution >= 0.6 is 0 Å². The summed E-state index contributed by atoms with van der Waals surface area (Å²) in [7, 11) is 0. The van der Waals surface area contributed by atoms with E-state index in [-0.39, 0.29) is 0 Å². The Kier molecular flexibility index (Phi) is 15.0. The number of benzene rings is 8. The number of aromatic amines is 4. The molecule has 0 fully saturated rings. The van der Waals surface area contributed by atoms with Crippen molar-refractivity contribution >= 4 is 105 Å². The van der Waals surface area contributed by atoms with Gasteiger partial charge < -0.3 is 19.9 Å². The Bertz CT molecular complexity index is 6060. The molecule has 9 heteroatoms. The fourth-order valence-corrected chi connectivity index (χ4v) is 14.4. The Morgan fingerprint density at radius 1 is 0.218 bits per heavy atom. The van der Waals surface area contributed by atoms with E-state index in [0.29, 0.717) is 0 Å². The molecule has 10 heterocycles. The lowest BCUT2D eigenvalue weighted by Gasteiger charge is -2.08. The van der Waals surface area contributed by atoms with Crippen LogP contribution in [0.25, 0.3) is 182 Å². The van der Waals surface area contributed by atoms with Crippen LogP contribution < -0.4 is 0 Å². The lowest BCUT2D eigenvalue weighted by Crippen LogP contribution is -1.90. The van der Waals surface area contributed by atoms with Gasteiger partial charge in [0.2, 0.25) is 0 Å². The third-order valence-electron chi connectivity index (χ3n) is 19.4. The van der Waals surface area contributed by atoms with Crippen LogP contribution in [0.1, 0.15) is 67.8 Å². The molecular formula is C92H65N9. The Labute approximate surface area is 584 Å². The minimum absolute atomic E-state index is 0.812. The lowest BCUT2D eigenvalue weighted by molar-refractivity contribution is 1.31. The predicted octanol–water partition coefficient (Wildman–Crippen LogP) is 23.6. The fraction of sp³-hybridized carbons (Fsp3) is 0.0326. The van der Waals surface area contributed by atoms with Crippen molar-refractivity contribution in [1.82, 2.24) is 39.9 Å². The van der Waals surface area contributed by atoms with Gasteiger partial charge in [0.05, 0.1) is 51.2 Å². The second-order valence-electron chi connectivity index (χ2n) is 26.1. The summed E-state index contributed by atoms with van der Waals surface area (Å²) in [5.74, 6) is 0. The Morgan fingerprint density at radius 2 is 0.416 bits per heavy atom. The first-order valence-corrected chi connectivity index (χ1v) is 34.2. The van der Waals surface area contributed by atoms with E-state index in [2.05, 4.69) is 350 Å². The number of aromatic nitrogens is 8. The summed E-state index contributed by atoms with van der Waals surface area (Å²) in [4.78, 5) is 42.8. The second kappa shape index (κ2) is 25.2. The smallest absolute Gasteiger partial charge is 0.0737 e. The average molecular weight is 1300 g/mol. The number of fused-ring (bicyclic) bond motifs is 16. The maximum absolute atomic E-state index is 5.58. The van der Waals surface area contributed by atoms with Gasteiger partial charge in [-0.25, -0.2) is 19.9 Å². The van der Waals surface area contributed by atoms with E-state index >= 15 is 0 Å². The molecule has 4 aliphatic heterocycles. The van der Waals surface area contributed by atoms with Crippen LogP contribution in [0.15, 0.2) is 266 Å². The molecule has 8 aromatic carbocycles. The molecule has 478 valence electrons. The molecule has 101 heavy (non-hydrogen) atoms. The molecule has 0 saturated carbocycles. The normalized spacial score (nSPS) is 12.3. The molecule has 0 atom stereocenters. The van der Waals surface area contributed by atoms with E-state index in [1.54, 1.807) is 0 Å². The number of H-pyrrole nitrogens is 4. The van der Waals surface area contributed by atoms with Crippen LogP contribution in [0.5, 0.6) is 0 Å². The van der Waals surface area contributed by atoms with E-state index in [4.69, 9.17) is 24.9 Å². The van der Waals surface area contributed by atoms with Gasteiger partial charge in [-0.05, 0) is 180 Å². The molecular weight excluding hydrogens is 1230 g/mol. The van der Waals surface area contributed by atoms with Crippen LogP contribution in [0.2, 0.25) is 0 Å². The topological polar surface area (TPSA) is 127 Å². The van der Waals surface area contributed by atoms with E-state index in [1.807, 2.05) is 6.21 Å². The monoisotopic (exact) mass is 1300 g/mol. The maximum atomic E-state index is 5.58. The molecule has 9 nitrogen and oxygen atoms in total. The first kappa shape index (κ1) is 60.1. The number of aryl methyl sites for hydroxylation is 3. The van der Waals surface area contributed by atoms with Crippen LogP contribution in [0, 0.1) is 20.8 Å². The van der Waals surface area contributed by atoms with Gasteiger partial charge in [-0.15, -0.1) is 0 Å². The van der Waals surface area contributed by atoms with Crippen LogP contribution in [-0.4, -0.2) is 46.1 Å². The van der Waals surface area contributed by atoms with E-state index in [0.717, 1.165) is 190 Å². The zero-order valence-corrected chi connectivity index (χ0v) is 55.8. The van der Waals surface area contributed by atoms with Crippen molar-refractivity contribution in [2.45, 2.75) is 20.8 Å². The summed E-state index contributed by atoms with van der Waals surface area (Å²) >= 11 is 0. The summed E-state index contributed by atoms with van der Waals surface area (Å²) in [6.07, 6.45) is 19.1. The van der Waals surface area contributed by atoms with Gasteiger partial charge in [0, 0.05) is 94.9 Å². The number of nitrogens with zero attached hydrogens (tertiary/aromatic N) is 5. The summed E-state index contributed by atoms with van der Waals surface area (Å²) in [6, 6.07) is 92.2. The lowest BCUT2D eigenvalue weighted by atomic mass is 10.0. The number of nitrogens with one attached hydrogen (secondary N) is 4. The first-order valence-electron chi connectivity index (χ1n) is 34.2. The molecule has 16 bridgehead atoms. The molecule has 14 aromatic rings. The van der Waals surface area contributed by atoms with E-state index < -0.39 is 0 Å². The molecule has 0 saturated heterocycles. The van der Waals surface area contributed by atoms with Crippen LogP contribution in [0.3, 0.4) is 0 Å². The second-order valence-corrected chi connectivity index (χ2v) is 26.1. The van der Waals surface area contributed by atoms with Crippen molar-refractivity contribution in [2.24, 2.45) is 4.99 Å². The summed E-state index contributed by atoms with van der Waals surface area (Å²) in [5.41, 5.74) is 36.1. The van der Waals surface area contributed by atoms with Gasteiger partial charge in [-0.3, -0.25) is 4.99 Å². The molecule has 6 aromatic heterocycles. The highest BCUT2D eigenvalue weighted by molar-refractivity contribution is 6.03. The van der Waals surface area contributed by atoms with Crippen molar-refractivity contribution in [2.75, 3.05) is 0 Å². The largest absolute Gasteiger partial charge is 0.354 e. The molecule has 0 radical (unpaired) electrons. The fourth-order valence-electron chi connectivity index (χ4n) is 14.4. The predicted molar refractivity (Wildman–Crippen MR) is 423 cm³/mol. The van der Waals surface area contributed by atoms with Gasteiger partial charge in [-0.1, -0.05) is 217 Å². The zero-order valence-electron chi connectivity index (χ0n) is 55.8. The van der Waals surface area contributed by atoms with Crippen molar-refractivity contribution in [1.29, 1.82) is 0 Å². The van der Waals surface area contributed by atoms with Gasteiger partial charge >= 0.3 is 0 Å². The summed E-state index contributed by atoms with van der Waals surface area (Å²) < 4.78 is 0. The molecule has 0 aliphatic carbocycles. The number of hydrogen-bond donors (Lipinski definition) is 4. The third kappa shape index (κ3) is 11.4.